The minimum Gasteiger partial charge on any atom is -0.358 e. The number of nitrogens with zero attached hydrogens (tertiary/aromatic N) is 2. The fourth-order valence-electron chi connectivity index (χ4n) is 3.48. The average Bonchev–Trinajstić information content (AvgIpc) is 3.37. The number of rotatable bonds is 4. The molecule has 5 rings (SSSR count). The van der Waals surface area contributed by atoms with Crippen molar-refractivity contribution in [2.24, 2.45) is 0 Å². The van der Waals surface area contributed by atoms with Gasteiger partial charge in [-0.1, -0.05) is 18.2 Å². The van der Waals surface area contributed by atoms with Crippen molar-refractivity contribution in [3.8, 4) is 11.1 Å². The number of H-pyrrole nitrogens is 2. The lowest BCUT2D eigenvalue weighted by Crippen LogP contribution is -2.14. The third kappa shape index (κ3) is 2.82. The minimum atomic E-state index is -0.0928. The van der Waals surface area contributed by atoms with Gasteiger partial charge in [0.25, 0.3) is 0 Å². The normalized spacial score (nSPS) is 11.4. The molecule has 0 atom stereocenters. The van der Waals surface area contributed by atoms with Gasteiger partial charge >= 0.3 is 0 Å². The summed E-state index contributed by atoms with van der Waals surface area (Å²) in [6.45, 7) is 2.06. The van der Waals surface area contributed by atoms with E-state index in [4.69, 9.17) is 0 Å². The van der Waals surface area contributed by atoms with Gasteiger partial charge in [0.1, 0.15) is 5.82 Å². The molecule has 4 heterocycles. The second-order valence-electron chi connectivity index (χ2n) is 6.52. The fraction of sp³-hybridized carbons (Fsp3) is 0.100. The number of aromatic nitrogens is 4. The van der Waals surface area contributed by atoms with Crippen molar-refractivity contribution >= 4 is 38.9 Å². The highest BCUT2D eigenvalue weighted by atomic mass is 32.1. The molecule has 0 spiro atoms. The number of para-hydroxylation sites is 1. The summed E-state index contributed by atoms with van der Waals surface area (Å²) in [4.78, 5) is 24.3. The predicted molar refractivity (Wildman–Crippen MR) is 108 cm³/mol. The highest BCUT2D eigenvalue weighted by Gasteiger charge is 2.13. The molecule has 0 saturated carbocycles. The van der Waals surface area contributed by atoms with Crippen LogP contribution in [0.15, 0.2) is 54.3 Å². The Morgan fingerprint density at radius 1 is 1.33 bits per heavy atom. The predicted octanol–water partition coefficient (Wildman–Crippen LogP) is 4.36. The third-order valence-corrected chi connectivity index (χ3v) is 5.39. The maximum atomic E-state index is 12.4. The molecule has 7 heteroatoms. The van der Waals surface area contributed by atoms with Gasteiger partial charge in [0.05, 0.1) is 12.1 Å². The Morgan fingerprint density at radius 2 is 2.22 bits per heavy atom. The number of aryl methyl sites for hydroxylation is 1. The molecule has 0 saturated heterocycles. The zero-order valence-corrected chi connectivity index (χ0v) is 15.4. The van der Waals surface area contributed by atoms with E-state index in [1.807, 2.05) is 46.6 Å². The standard InChI is InChI=1S/C20H17N5OS/c1-12-19(15-4-2-3-5-16(15)22-12)13-8-17(21-10-13)24-18(26)9-14-11-25-6-7-27-20(25)23-14/h2-8,10-11,21-22H,9H2,1H3,(H,24,26). The van der Waals surface area contributed by atoms with Crippen LogP contribution < -0.4 is 5.32 Å². The summed E-state index contributed by atoms with van der Waals surface area (Å²) in [5.41, 5.74) is 5.17. The summed E-state index contributed by atoms with van der Waals surface area (Å²) >= 11 is 1.55. The Bertz CT molecular complexity index is 1240. The maximum Gasteiger partial charge on any atom is 0.231 e. The lowest BCUT2D eigenvalue weighted by Gasteiger charge is -2.00. The summed E-state index contributed by atoms with van der Waals surface area (Å²) in [6, 6.07) is 10.2. The molecule has 0 unspecified atom stereocenters. The van der Waals surface area contributed by atoms with Crippen LogP contribution in [0, 0.1) is 6.92 Å². The number of hydrogen-bond donors (Lipinski definition) is 3. The van der Waals surface area contributed by atoms with Crippen LogP contribution in [-0.2, 0) is 11.2 Å². The lowest BCUT2D eigenvalue weighted by atomic mass is 10.1. The van der Waals surface area contributed by atoms with Gasteiger partial charge in [0.2, 0.25) is 5.91 Å². The van der Waals surface area contributed by atoms with Crippen molar-refractivity contribution in [1.82, 2.24) is 19.4 Å². The molecule has 0 bridgehead atoms. The van der Waals surface area contributed by atoms with E-state index in [1.165, 1.54) is 5.39 Å². The van der Waals surface area contributed by atoms with Gasteiger partial charge < -0.3 is 15.3 Å². The largest absolute Gasteiger partial charge is 0.358 e. The van der Waals surface area contributed by atoms with E-state index in [0.29, 0.717) is 5.82 Å². The number of hydrogen-bond acceptors (Lipinski definition) is 3. The number of thiazole rings is 1. The summed E-state index contributed by atoms with van der Waals surface area (Å²) in [5, 5.41) is 6.07. The van der Waals surface area contributed by atoms with Crippen LogP contribution in [0.25, 0.3) is 27.0 Å². The van der Waals surface area contributed by atoms with Crippen LogP contribution in [0.3, 0.4) is 0 Å². The summed E-state index contributed by atoms with van der Waals surface area (Å²) in [7, 11) is 0. The van der Waals surface area contributed by atoms with Gasteiger partial charge in [-0.15, -0.1) is 11.3 Å². The van der Waals surface area contributed by atoms with Crippen LogP contribution in [0.2, 0.25) is 0 Å². The summed E-state index contributed by atoms with van der Waals surface area (Å²) in [5.74, 6) is 0.588. The minimum absolute atomic E-state index is 0.0928. The molecule has 0 aliphatic heterocycles. The Morgan fingerprint density at radius 3 is 3.11 bits per heavy atom. The van der Waals surface area contributed by atoms with E-state index in [0.717, 1.165) is 33.0 Å². The Balaban J connectivity index is 1.36. The van der Waals surface area contributed by atoms with Gasteiger partial charge in [-0.2, -0.15) is 0 Å². The molecule has 5 aromatic rings. The molecular formula is C20H17N5OS. The Labute approximate surface area is 158 Å². The smallest absolute Gasteiger partial charge is 0.231 e. The van der Waals surface area contributed by atoms with Crippen LogP contribution in [-0.4, -0.2) is 25.3 Å². The molecule has 3 N–H and O–H groups in total. The maximum absolute atomic E-state index is 12.4. The molecule has 1 amide bonds. The van der Waals surface area contributed by atoms with Crippen molar-refractivity contribution in [3.63, 3.8) is 0 Å². The van der Waals surface area contributed by atoms with E-state index < -0.39 is 0 Å². The zero-order valence-electron chi connectivity index (χ0n) is 14.6. The first-order valence-corrected chi connectivity index (χ1v) is 9.52. The molecule has 1 aromatic carbocycles. The Hall–Kier alpha value is -3.32. The van der Waals surface area contributed by atoms with Gasteiger partial charge in [-0.25, -0.2) is 4.98 Å². The van der Waals surface area contributed by atoms with Crippen molar-refractivity contribution < 1.29 is 4.79 Å². The van der Waals surface area contributed by atoms with Crippen molar-refractivity contribution in [2.45, 2.75) is 13.3 Å². The molecule has 0 radical (unpaired) electrons. The molecular weight excluding hydrogens is 358 g/mol. The first-order chi connectivity index (χ1) is 13.2. The SMILES string of the molecule is Cc1[nH]c2ccccc2c1-c1c[nH]c(NC(=O)Cc2cn3ccsc3n2)c1. The van der Waals surface area contributed by atoms with Gasteiger partial charge in [-0.05, 0) is 19.1 Å². The number of nitrogens with one attached hydrogen (secondary N) is 3. The number of imidazole rings is 1. The topological polar surface area (TPSA) is 78.0 Å². The van der Waals surface area contributed by atoms with E-state index in [9.17, 15) is 4.79 Å². The highest BCUT2D eigenvalue weighted by Crippen LogP contribution is 2.33. The first-order valence-electron chi connectivity index (χ1n) is 8.64. The third-order valence-electron chi connectivity index (χ3n) is 4.62. The molecule has 134 valence electrons. The molecule has 4 aromatic heterocycles. The second-order valence-corrected chi connectivity index (χ2v) is 7.40. The second kappa shape index (κ2) is 6.14. The quantitative estimate of drug-likeness (QED) is 0.436. The highest BCUT2D eigenvalue weighted by molar-refractivity contribution is 7.15. The number of fused-ring (bicyclic) bond motifs is 2. The molecule has 0 fully saturated rings. The average molecular weight is 375 g/mol. The van der Waals surface area contributed by atoms with Crippen LogP contribution in [0.4, 0.5) is 5.82 Å². The zero-order chi connectivity index (χ0) is 18.4. The van der Waals surface area contributed by atoms with E-state index >= 15 is 0 Å². The number of carbonyl (C=O) groups is 1. The van der Waals surface area contributed by atoms with Crippen LogP contribution >= 0.6 is 11.3 Å². The van der Waals surface area contributed by atoms with E-state index in [1.54, 1.807) is 11.3 Å². The van der Waals surface area contributed by atoms with Crippen molar-refractivity contribution in [3.05, 3.63) is 65.7 Å². The molecule has 0 aliphatic carbocycles. The van der Waals surface area contributed by atoms with Gasteiger partial charge in [0, 0.05) is 51.7 Å². The van der Waals surface area contributed by atoms with Gasteiger partial charge in [-0.3, -0.25) is 9.20 Å². The number of amides is 1. The number of benzene rings is 1. The number of anilines is 1. The number of aromatic amines is 2. The molecule has 0 aliphatic rings. The lowest BCUT2D eigenvalue weighted by molar-refractivity contribution is -0.115. The monoisotopic (exact) mass is 375 g/mol. The first kappa shape index (κ1) is 15.9. The molecule has 27 heavy (non-hydrogen) atoms. The van der Waals surface area contributed by atoms with Gasteiger partial charge in [0.15, 0.2) is 4.96 Å². The summed E-state index contributed by atoms with van der Waals surface area (Å²) in [6.07, 6.45) is 6.00. The van der Waals surface area contributed by atoms with E-state index in [2.05, 4.69) is 39.3 Å². The van der Waals surface area contributed by atoms with Crippen LogP contribution in [0.1, 0.15) is 11.4 Å². The fourth-order valence-corrected chi connectivity index (χ4v) is 4.20. The Kier molecular flexibility index (Phi) is 3.61. The van der Waals surface area contributed by atoms with Crippen LogP contribution in [0.5, 0.6) is 0 Å². The van der Waals surface area contributed by atoms with Crippen molar-refractivity contribution in [2.75, 3.05) is 5.32 Å². The summed E-state index contributed by atoms with van der Waals surface area (Å²) < 4.78 is 1.93. The molecule has 6 nitrogen and oxygen atoms in total. The number of carbonyl (C=O) groups excluding carboxylic acids is 1. The van der Waals surface area contributed by atoms with Crippen molar-refractivity contribution in [1.29, 1.82) is 0 Å². The van der Waals surface area contributed by atoms with E-state index in [-0.39, 0.29) is 12.3 Å².